The Balaban J connectivity index is 1.99. The Bertz CT molecular complexity index is 850. The van der Waals surface area contributed by atoms with Crippen molar-refractivity contribution in [1.29, 1.82) is 0 Å². The summed E-state index contributed by atoms with van der Waals surface area (Å²) < 4.78 is 42.1. The van der Waals surface area contributed by atoms with E-state index in [1.54, 1.807) is 17.9 Å². The largest absolute Gasteiger partial charge is 0.272 e. The first-order valence-corrected chi connectivity index (χ1v) is 9.08. The third-order valence-electron chi connectivity index (χ3n) is 4.35. The smallest absolute Gasteiger partial charge is 0.243 e. The molecule has 1 aliphatic rings. The van der Waals surface area contributed by atoms with Crippen LogP contribution in [-0.2, 0) is 23.5 Å². The second-order valence-electron chi connectivity index (χ2n) is 5.68. The Morgan fingerprint density at radius 1 is 1.43 bits per heavy atom. The van der Waals surface area contributed by atoms with Gasteiger partial charge in [-0.1, -0.05) is 11.6 Å². The van der Waals surface area contributed by atoms with E-state index >= 15 is 0 Å². The molecule has 0 saturated carbocycles. The van der Waals surface area contributed by atoms with Crippen LogP contribution in [-0.4, -0.2) is 29.6 Å². The Kier molecular flexibility index (Phi) is 4.20. The number of aryl methyl sites for hydroxylation is 1. The van der Waals surface area contributed by atoms with E-state index in [0.717, 1.165) is 42.7 Å². The van der Waals surface area contributed by atoms with E-state index in [1.807, 2.05) is 7.05 Å². The Hall–Kier alpha value is -1.44. The lowest BCUT2D eigenvalue weighted by Crippen LogP contribution is -2.33. The molecule has 2 aromatic rings. The summed E-state index contributed by atoms with van der Waals surface area (Å²) in [5.41, 5.74) is 1.98. The summed E-state index contributed by atoms with van der Waals surface area (Å²) in [6.45, 7) is 0. The average Bonchev–Trinajstić information content (AvgIpc) is 2.90. The van der Waals surface area contributed by atoms with E-state index in [2.05, 4.69) is 5.10 Å². The number of rotatable bonds is 3. The molecule has 1 atom stereocenters. The molecule has 0 fully saturated rings. The Labute approximate surface area is 139 Å². The van der Waals surface area contributed by atoms with Gasteiger partial charge in [0.25, 0.3) is 0 Å². The quantitative estimate of drug-likeness (QED) is 0.848. The van der Waals surface area contributed by atoms with Crippen molar-refractivity contribution in [3.8, 4) is 0 Å². The van der Waals surface area contributed by atoms with E-state index < -0.39 is 15.8 Å². The molecular formula is C15H17ClFN3O2S. The van der Waals surface area contributed by atoms with Crippen LogP contribution in [0.3, 0.4) is 0 Å². The number of hydrogen-bond acceptors (Lipinski definition) is 3. The standard InChI is InChI=1S/C15H17ClFN3O2S/c1-19-14-4-3-5-15(11(14)9-18-19)20(2)23(21,22)10-6-7-13(17)12(16)8-10/h6-9,15H,3-5H2,1-2H3/t15-/m0/s1. The zero-order valence-electron chi connectivity index (χ0n) is 12.8. The first-order valence-electron chi connectivity index (χ1n) is 7.26. The van der Waals surface area contributed by atoms with Crippen LogP contribution >= 0.6 is 11.6 Å². The van der Waals surface area contributed by atoms with E-state index in [4.69, 9.17) is 11.6 Å². The molecule has 5 nitrogen and oxygen atoms in total. The lowest BCUT2D eigenvalue weighted by atomic mass is 9.93. The van der Waals surface area contributed by atoms with Crippen molar-refractivity contribution >= 4 is 21.6 Å². The van der Waals surface area contributed by atoms with Crippen LogP contribution in [0.4, 0.5) is 4.39 Å². The van der Waals surface area contributed by atoms with E-state index in [0.29, 0.717) is 0 Å². The van der Waals surface area contributed by atoms with Gasteiger partial charge in [0.15, 0.2) is 0 Å². The second-order valence-corrected chi connectivity index (χ2v) is 8.08. The molecule has 1 aromatic heterocycles. The second kappa shape index (κ2) is 5.89. The maximum absolute atomic E-state index is 13.3. The number of halogens is 2. The predicted molar refractivity (Wildman–Crippen MR) is 85.2 cm³/mol. The number of sulfonamides is 1. The fraction of sp³-hybridized carbons (Fsp3) is 0.400. The normalized spacial score (nSPS) is 18.2. The van der Waals surface area contributed by atoms with Gasteiger partial charge in [-0.3, -0.25) is 4.68 Å². The van der Waals surface area contributed by atoms with Crippen molar-refractivity contribution < 1.29 is 12.8 Å². The summed E-state index contributed by atoms with van der Waals surface area (Å²) in [5, 5.41) is 4.03. The predicted octanol–water partition coefficient (Wildman–Crippen LogP) is 2.91. The van der Waals surface area contributed by atoms with Gasteiger partial charge in [0.05, 0.1) is 22.2 Å². The van der Waals surface area contributed by atoms with Gasteiger partial charge in [-0.25, -0.2) is 12.8 Å². The maximum Gasteiger partial charge on any atom is 0.243 e. The molecule has 23 heavy (non-hydrogen) atoms. The van der Waals surface area contributed by atoms with Gasteiger partial charge in [-0.2, -0.15) is 9.40 Å². The molecule has 0 saturated heterocycles. The molecule has 124 valence electrons. The fourth-order valence-corrected chi connectivity index (χ4v) is 4.67. The average molecular weight is 358 g/mol. The zero-order valence-corrected chi connectivity index (χ0v) is 14.4. The van der Waals surface area contributed by atoms with Crippen molar-refractivity contribution in [3.05, 3.63) is 46.5 Å². The molecule has 1 aliphatic carbocycles. The number of aromatic nitrogens is 2. The first-order chi connectivity index (χ1) is 10.8. The molecular weight excluding hydrogens is 341 g/mol. The summed E-state index contributed by atoms with van der Waals surface area (Å²) >= 11 is 5.72. The molecule has 0 aliphatic heterocycles. The van der Waals surface area contributed by atoms with Crippen LogP contribution in [0.2, 0.25) is 5.02 Å². The monoisotopic (exact) mass is 357 g/mol. The molecule has 0 bridgehead atoms. The van der Waals surface area contributed by atoms with Crippen molar-refractivity contribution in [2.45, 2.75) is 30.2 Å². The number of hydrogen-bond donors (Lipinski definition) is 0. The third kappa shape index (κ3) is 2.77. The van der Waals surface area contributed by atoms with Crippen LogP contribution in [0.15, 0.2) is 29.3 Å². The molecule has 1 aromatic carbocycles. The minimum absolute atomic E-state index is 0.0117. The highest BCUT2D eigenvalue weighted by Gasteiger charge is 2.33. The number of nitrogens with zero attached hydrogens (tertiary/aromatic N) is 3. The summed E-state index contributed by atoms with van der Waals surface area (Å²) in [7, 11) is -0.368. The van der Waals surface area contributed by atoms with Crippen LogP contribution in [0.5, 0.6) is 0 Å². The molecule has 0 N–H and O–H groups in total. The van der Waals surface area contributed by atoms with Gasteiger partial charge >= 0.3 is 0 Å². The zero-order chi connectivity index (χ0) is 16.8. The van der Waals surface area contributed by atoms with Crippen LogP contribution in [0, 0.1) is 5.82 Å². The van der Waals surface area contributed by atoms with Gasteiger partial charge in [-0.15, -0.1) is 0 Å². The maximum atomic E-state index is 13.3. The molecule has 0 spiro atoms. The van der Waals surface area contributed by atoms with Crippen LogP contribution < -0.4 is 0 Å². The van der Waals surface area contributed by atoms with E-state index in [-0.39, 0.29) is 16.0 Å². The van der Waals surface area contributed by atoms with Gasteiger partial charge in [0.1, 0.15) is 5.82 Å². The van der Waals surface area contributed by atoms with Crippen molar-refractivity contribution in [1.82, 2.24) is 14.1 Å². The van der Waals surface area contributed by atoms with Gasteiger partial charge < -0.3 is 0 Å². The molecule has 0 radical (unpaired) electrons. The van der Waals surface area contributed by atoms with Crippen molar-refractivity contribution in [3.63, 3.8) is 0 Å². The lowest BCUT2D eigenvalue weighted by molar-refractivity contribution is 0.335. The summed E-state index contributed by atoms with van der Waals surface area (Å²) in [5.74, 6) is -0.638. The molecule has 1 heterocycles. The Morgan fingerprint density at radius 2 is 2.17 bits per heavy atom. The summed E-state index contributed by atoms with van der Waals surface area (Å²) in [6, 6.07) is 3.18. The van der Waals surface area contributed by atoms with Crippen LogP contribution in [0.25, 0.3) is 0 Å². The number of fused-ring (bicyclic) bond motifs is 1. The van der Waals surface area contributed by atoms with Gasteiger partial charge in [-0.05, 0) is 37.5 Å². The fourth-order valence-electron chi connectivity index (χ4n) is 3.03. The highest BCUT2D eigenvalue weighted by molar-refractivity contribution is 7.89. The first kappa shape index (κ1) is 16.4. The topological polar surface area (TPSA) is 55.2 Å². The van der Waals surface area contributed by atoms with E-state index in [9.17, 15) is 12.8 Å². The molecule has 8 heteroatoms. The third-order valence-corrected chi connectivity index (χ3v) is 6.50. The highest BCUT2D eigenvalue weighted by Crippen LogP contribution is 2.36. The van der Waals surface area contributed by atoms with Gasteiger partial charge in [0.2, 0.25) is 10.0 Å². The van der Waals surface area contributed by atoms with E-state index in [1.165, 1.54) is 10.4 Å². The minimum atomic E-state index is -3.77. The number of benzene rings is 1. The Morgan fingerprint density at radius 3 is 2.87 bits per heavy atom. The highest BCUT2D eigenvalue weighted by atomic mass is 35.5. The lowest BCUT2D eigenvalue weighted by Gasteiger charge is -2.30. The summed E-state index contributed by atoms with van der Waals surface area (Å²) in [4.78, 5) is -0.0117. The van der Waals surface area contributed by atoms with Crippen molar-refractivity contribution in [2.75, 3.05) is 7.05 Å². The van der Waals surface area contributed by atoms with Crippen molar-refractivity contribution in [2.24, 2.45) is 7.05 Å². The van der Waals surface area contributed by atoms with Gasteiger partial charge in [0, 0.05) is 25.4 Å². The molecule has 3 rings (SSSR count). The molecule has 0 unspecified atom stereocenters. The van der Waals surface area contributed by atoms with Crippen LogP contribution in [0.1, 0.15) is 30.1 Å². The SMILES string of the molecule is CN([C@H]1CCCc2c1cnn2C)S(=O)(=O)c1ccc(F)c(Cl)c1. The minimum Gasteiger partial charge on any atom is -0.272 e. The molecule has 0 amide bonds. The summed E-state index contributed by atoms with van der Waals surface area (Å²) in [6.07, 6.45) is 4.23.